The Hall–Kier alpha value is -6.06. The number of nitrogens with one attached hydrogen (secondary N) is 2. The molecule has 7 rings (SSSR count). The second kappa shape index (κ2) is 13.8. The third-order valence-corrected chi connectivity index (χ3v) is 9.52. The summed E-state index contributed by atoms with van der Waals surface area (Å²) in [4.78, 5) is 0. The number of hydrogen-bond acceptors (Lipinski definition) is 3. The molecule has 0 saturated carbocycles. The van der Waals surface area contributed by atoms with Crippen LogP contribution in [-0.2, 0) is 0 Å². The van der Waals surface area contributed by atoms with Crippen LogP contribution >= 0.6 is 0 Å². The molecule has 0 atom stereocenters. The summed E-state index contributed by atoms with van der Waals surface area (Å²) < 4.78 is 0. The van der Waals surface area contributed by atoms with Crippen molar-refractivity contribution in [3.8, 4) is 44.5 Å². The van der Waals surface area contributed by atoms with E-state index in [4.69, 9.17) is 5.10 Å². The number of hydrogen-bond donors (Lipinski definition) is 2. The van der Waals surface area contributed by atoms with Crippen molar-refractivity contribution in [3.05, 3.63) is 179 Å². The Balaban J connectivity index is 1.46. The molecule has 244 valence electrons. The van der Waals surface area contributed by atoms with Gasteiger partial charge in [-0.05, 0) is 83.3 Å². The highest BCUT2D eigenvalue weighted by molar-refractivity contribution is 6.69. The van der Waals surface area contributed by atoms with Crippen molar-refractivity contribution in [1.82, 2.24) is 5.43 Å². The van der Waals surface area contributed by atoms with Crippen molar-refractivity contribution in [1.29, 1.82) is 5.41 Å². The molecule has 0 bridgehead atoms. The lowest BCUT2D eigenvalue weighted by molar-refractivity contribution is 0.906. The topological polar surface area (TPSA) is 48.2 Å². The average Bonchev–Trinajstić information content (AvgIpc) is 3.13. The maximum atomic E-state index is 9.78. The quantitative estimate of drug-likeness (QED) is 0.131. The Morgan fingerprint density at radius 1 is 0.420 bits per heavy atom. The second-order valence-electron chi connectivity index (χ2n) is 13.1. The molecule has 0 heterocycles. The van der Waals surface area contributed by atoms with Gasteiger partial charge in [-0.15, -0.1) is 0 Å². The Kier molecular flexibility index (Phi) is 8.98. The molecule has 2 N–H and O–H groups in total. The Bertz CT molecular complexity index is 2300. The third-order valence-electron chi connectivity index (χ3n) is 9.52. The van der Waals surface area contributed by atoms with Crippen LogP contribution in [0.25, 0.3) is 55.7 Å². The normalized spacial score (nSPS) is 13.6. The Morgan fingerprint density at radius 3 is 1.16 bits per heavy atom. The van der Waals surface area contributed by atoms with Gasteiger partial charge in [0.1, 0.15) is 5.71 Å². The fourth-order valence-electron chi connectivity index (χ4n) is 6.82. The van der Waals surface area contributed by atoms with Gasteiger partial charge in [0.25, 0.3) is 0 Å². The molecule has 0 unspecified atom stereocenters. The van der Waals surface area contributed by atoms with Crippen LogP contribution in [0.1, 0.15) is 33.4 Å². The van der Waals surface area contributed by atoms with Gasteiger partial charge in [-0.25, -0.2) is 0 Å². The average molecular weight is 648 g/mol. The van der Waals surface area contributed by atoms with E-state index in [1.807, 2.05) is 0 Å². The molecule has 0 fully saturated rings. The number of allylic oxidation sites excluding steroid dienone is 4. The molecule has 1 aliphatic rings. The van der Waals surface area contributed by atoms with E-state index in [-0.39, 0.29) is 0 Å². The number of nitrogens with zero attached hydrogens (tertiary/aromatic N) is 1. The van der Waals surface area contributed by atoms with Crippen LogP contribution in [0.3, 0.4) is 0 Å². The highest BCUT2D eigenvalue weighted by Crippen LogP contribution is 2.43. The molecular formula is C47H41N3. The summed E-state index contributed by atoms with van der Waals surface area (Å²) in [6.07, 6.45) is 4.25. The number of hydrazone groups is 1. The van der Waals surface area contributed by atoms with Gasteiger partial charge in [-0.3, -0.25) is 5.41 Å². The van der Waals surface area contributed by atoms with Gasteiger partial charge in [0, 0.05) is 18.2 Å². The van der Waals surface area contributed by atoms with Gasteiger partial charge in [0.2, 0.25) is 0 Å². The summed E-state index contributed by atoms with van der Waals surface area (Å²) in [7, 11) is 1.80. The first kappa shape index (κ1) is 32.5. The van der Waals surface area contributed by atoms with E-state index in [1.165, 1.54) is 22.3 Å². The molecule has 3 nitrogen and oxygen atoms in total. The maximum Gasteiger partial charge on any atom is 0.116 e. The SMILES string of the molecule is CN/N=C1\C(=N)C(c2cccc(-c3ccc(C)cc3)c2-c2ccc(C)cc2)=CC=C1c1cccc(-c2ccc(C)cc2)c1-c1ccc(C)cc1. The lowest BCUT2D eigenvalue weighted by Crippen LogP contribution is -2.23. The molecule has 0 aliphatic heterocycles. The van der Waals surface area contributed by atoms with Crippen molar-refractivity contribution < 1.29 is 0 Å². The maximum absolute atomic E-state index is 9.78. The first-order valence-electron chi connectivity index (χ1n) is 17.1. The second-order valence-corrected chi connectivity index (χ2v) is 13.1. The van der Waals surface area contributed by atoms with Crippen LogP contribution < -0.4 is 5.43 Å². The fourth-order valence-corrected chi connectivity index (χ4v) is 6.82. The van der Waals surface area contributed by atoms with Crippen LogP contribution in [0.5, 0.6) is 0 Å². The van der Waals surface area contributed by atoms with E-state index in [0.717, 1.165) is 66.8 Å². The largest absolute Gasteiger partial charge is 0.312 e. The Morgan fingerprint density at radius 2 is 0.760 bits per heavy atom. The molecule has 50 heavy (non-hydrogen) atoms. The van der Waals surface area contributed by atoms with E-state index in [9.17, 15) is 5.41 Å². The molecule has 0 radical (unpaired) electrons. The summed E-state index contributed by atoms with van der Waals surface area (Å²) in [5.74, 6) is 0. The van der Waals surface area contributed by atoms with Gasteiger partial charge in [0.15, 0.2) is 0 Å². The lowest BCUT2D eigenvalue weighted by Gasteiger charge is -2.25. The third kappa shape index (κ3) is 6.26. The summed E-state index contributed by atoms with van der Waals surface area (Å²) in [6.45, 7) is 8.46. The lowest BCUT2D eigenvalue weighted by atomic mass is 9.79. The minimum Gasteiger partial charge on any atom is -0.312 e. The number of benzene rings is 6. The zero-order chi connectivity index (χ0) is 34.8. The predicted molar refractivity (Wildman–Crippen MR) is 214 cm³/mol. The van der Waals surface area contributed by atoms with Crippen molar-refractivity contribution in [3.63, 3.8) is 0 Å². The van der Waals surface area contributed by atoms with E-state index >= 15 is 0 Å². The molecule has 0 amide bonds. The van der Waals surface area contributed by atoms with Crippen molar-refractivity contribution >= 4 is 22.6 Å². The molecule has 3 heteroatoms. The zero-order valence-electron chi connectivity index (χ0n) is 29.3. The molecular weight excluding hydrogens is 607 g/mol. The Labute approximate surface area is 295 Å². The van der Waals surface area contributed by atoms with E-state index in [1.54, 1.807) is 7.05 Å². The summed E-state index contributed by atoms with van der Waals surface area (Å²) in [5.41, 5.74) is 21.7. The van der Waals surface area contributed by atoms with Crippen molar-refractivity contribution in [2.75, 3.05) is 7.05 Å². The minimum atomic E-state index is 0.377. The van der Waals surface area contributed by atoms with Crippen LogP contribution in [0.4, 0.5) is 0 Å². The van der Waals surface area contributed by atoms with Crippen LogP contribution in [0.2, 0.25) is 0 Å². The van der Waals surface area contributed by atoms with Crippen LogP contribution in [0.15, 0.2) is 151 Å². The molecule has 0 spiro atoms. The summed E-state index contributed by atoms with van der Waals surface area (Å²) in [6, 6.07) is 47.7. The van der Waals surface area contributed by atoms with Crippen molar-refractivity contribution in [2.45, 2.75) is 27.7 Å². The van der Waals surface area contributed by atoms with Gasteiger partial charge in [-0.2, -0.15) is 5.10 Å². The van der Waals surface area contributed by atoms with E-state index in [0.29, 0.717) is 11.4 Å². The monoisotopic (exact) mass is 647 g/mol. The number of rotatable bonds is 7. The van der Waals surface area contributed by atoms with Gasteiger partial charge < -0.3 is 5.43 Å². The number of aryl methyl sites for hydroxylation is 4. The summed E-state index contributed by atoms with van der Waals surface area (Å²) >= 11 is 0. The van der Waals surface area contributed by atoms with Crippen LogP contribution in [-0.4, -0.2) is 18.5 Å². The van der Waals surface area contributed by atoms with E-state index < -0.39 is 0 Å². The van der Waals surface area contributed by atoms with E-state index in [2.05, 4.69) is 179 Å². The minimum absolute atomic E-state index is 0.377. The standard InChI is InChI=1S/C47H41N3/c1-30-12-20-34(21-13-30)38-8-6-10-40(44(38)36-24-16-32(3)17-25-36)42-28-29-43(47(46(42)48)50-49-5)41-11-7-9-39(35-22-14-31(2)15-23-35)45(41)37-26-18-33(4)19-27-37/h6-29,48-49H,1-5H3/b48-46?,50-47-. The molecule has 1 aliphatic carbocycles. The molecule has 6 aromatic rings. The van der Waals surface area contributed by atoms with Gasteiger partial charge in [-0.1, -0.05) is 168 Å². The molecule has 0 aromatic heterocycles. The van der Waals surface area contributed by atoms with Gasteiger partial charge >= 0.3 is 0 Å². The van der Waals surface area contributed by atoms with Crippen molar-refractivity contribution in [2.24, 2.45) is 5.10 Å². The summed E-state index contributed by atoms with van der Waals surface area (Å²) in [5, 5.41) is 14.6. The highest BCUT2D eigenvalue weighted by atomic mass is 15.3. The predicted octanol–water partition coefficient (Wildman–Crippen LogP) is 11.7. The first-order valence-corrected chi connectivity index (χ1v) is 17.1. The fraction of sp³-hybridized carbons (Fsp3) is 0.106. The first-order chi connectivity index (χ1) is 24.3. The molecule has 6 aromatic carbocycles. The van der Waals surface area contributed by atoms with Crippen LogP contribution in [0, 0.1) is 33.1 Å². The zero-order valence-corrected chi connectivity index (χ0v) is 29.3. The highest BCUT2D eigenvalue weighted by Gasteiger charge is 2.28. The molecule has 0 saturated heterocycles. The smallest absolute Gasteiger partial charge is 0.116 e. The van der Waals surface area contributed by atoms with Gasteiger partial charge in [0.05, 0.1) is 5.71 Å².